The minimum Gasteiger partial charge on any atom is -0.381 e. The molecule has 2 fully saturated rings. The van der Waals surface area contributed by atoms with Crippen LogP contribution in [0.3, 0.4) is 0 Å². The Labute approximate surface area is 136 Å². The van der Waals surface area contributed by atoms with Gasteiger partial charge in [0.2, 0.25) is 0 Å². The highest BCUT2D eigenvalue weighted by Crippen LogP contribution is 2.30. The summed E-state index contributed by atoms with van der Waals surface area (Å²) < 4.78 is 10.8. The molecule has 23 heavy (non-hydrogen) atoms. The summed E-state index contributed by atoms with van der Waals surface area (Å²) in [5, 5.41) is 2.18. The van der Waals surface area contributed by atoms with E-state index in [1.54, 1.807) is 20.3 Å². The second-order valence-corrected chi connectivity index (χ2v) is 5.65. The lowest BCUT2D eigenvalue weighted by atomic mass is 9.83. The number of amides is 4. The Balaban J connectivity index is 0.00000288. The lowest BCUT2D eigenvalue weighted by Crippen LogP contribution is -2.54. The molecule has 1 saturated carbocycles. The second kappa shape index (κ2) is 7.52. The number of hydrogen-bond acceptors (Lipinski definition) is 5. The molecule has 0 aromatic rings. The van der Waals surface area contributed by atoms with Gasteiger partial charge in [0.15, 0.2) is 0 Å². The average molecular weight is 324 g/mol. The number of methoxy groups -OCH3 is 2. The third-order valence-corrected chi connectivity index (χ3v) is 4.31. The number of imide groups is 2. The molecule has 7 heteroatoms. The Morgan fingerprint density at radius 2 is 2.04 bits per heavy atom. The molecule has 0 bridgehead atoms. The quantitative estimate of drug-likeness (QED) is 0.467. The summed E-state index contributed by atoms with van der Waals surface area (Å²) in [5.74, 6) is -1.33. The number of barbiturate groups is 1. The fraction of sp³-hybridized carbons (Fsp3) is 0.562. The Hall–Kier alpha value is -1.99. The minimum absolute atomic E-state index is 0. The van der Waals surface area contributed by atoms with E-state index in [1.807, 2.05) is 0 Å². The highest BCUT2D eigenvalue weighted by atomic mass is 16.5. The van der Waals surface area contributed by atoms with E-state index in [2.05, 4.69) is 11.9 Å². The van der Waals surface area contributed by atoms with Crippen molar-refractivity contribution in [2.24, 2.45) is 5.92 Å². The summed E-state index contributed by atoms with van der Waals surface area (Å²) in [7, 11) is 3.26. The first-order valence-electron chi connectivity index (χ1n) is 7.57. The van der Waals surface area contributed by atoms with Gasteiger partial charge < -0.3 is 9.47 Å². The van der Waals surface area contributed by atoms with Gasteiger partial charge >= 0.3 is 6.03 Å². The van der Waals surface area contributed by atoms with E-state index < -0.39 is 17.8 Å². The van der Waals surface area contributed by atoms with Gasteiger partial charge in [-0.2, -0.15) is 0 Å². The first-order chi connectivity index (χ1) is 11.0. The molecule has 2 rings (SSSR count). The van der Waals surface area contributed by atoms with Gasteiger partial charge in [-0.1, -0.05) is 12.2 Å². The number of urea groups is 1. The summed E-state index contributed by atoms with van der Waals surface area (Å²) in [6.07, 6.45) is 5.32. The molecule has 1 aliphatic heterocycles. The molecule has 1 saturated heterocycles. The molecule has 128 valence electrons. The van der Waals surface area contributed by atoms with Gasteiger partial charge in [-0.3, -0.25) is 19.8 Å². The van der Waals surface area contributed by atoms with E-state index in [-0.39, 0.29) is 31.7 Å². The summed E-state index contributed by atoms with van der Waals surface area (Å²) >= 11 is 0. The second-order valence-electron chi connectivity index (χ2n) is 5.65. The van der Waals surface area contributed by atoms with E-state index in [0.717, 1.165) is 17.7 Å². The van der Waals surface area contributed by atoms with Gasteiger partial charge in [-0.15, -0.1) is 6.58 Å². The van der Waals surface area contributed by atoms with Crippen molar-refractivity contribution >= 4 is 17.8 Å². The predicted molar refractivity (Wildman–Crippen MR) is 84.6 cm³/mol. The molecule has 1 N–H and O–H groups in total. The van der Waals surface area contributed by atoms with Crippen molar-refractivity contribution < 1.29 is 25.3 Å². The van der Waals surface area contributed by atoms with Crippen molar-refractivity contribution in [2.45, 2.75) is 31.5 Å². The van der Waals surface area contributed by atoms with Crippen LogP contribution in [0.5, 0.6) is 0 Å². The van der Waals surface area contributed by atoms with Gasteiger partial charge in [0.05, 0.1) is 12.2 Å². The van der Waals surface area contributed by atoms with E-state index in [9.17, 15) is 14.4 Å². The van der Waals surface area contributed by atoms with Crippen LogP contribution in [0.4, 0.5) is 4.79 Å². The van der Waals surface area contributed by atoms with Crippen molar-refractivity contribution in [3.63, 3.8) is 0 Å². The SMILES string of the molecule is C=CCN1C(=O)NC(=O)/C(=C\C2CCC(OC)CC2OC)C1=O.[HH]. The third-order valence-electron chi connectivity index (χ3n) is 4.31. The van der Waals surface area contributed by atoms with Crippen LogP contribution in [0.15, 0.2) is 24.3 Å². The topological polar surface area (TPSA) is 84.9 Å². The molecule has 3 atom stereocenters. The van der Waals surface area contributed by atoms with E-state index in [1.165, 1.54) is 6.08 Å². The molecule has 4 amide bonds. The maximum atomic E-state index is 12.4. The lowest BCUT2D eigenvalue weighted by Gasteiger charge is -2.34. The van der Waals surface area contributed by atoms with Gasteiger partial charge in [0.1, 0.15) is 5.57 Å². The Bertz CT molecular complexity index is 549. The van der Waals surface area contributed by atoms with Crippen molar-refractivity contribution in [1.29, 1.82) is 0 Å². The van der Waals surface area contributed by atoms with E-state index in [0.29, 0.717) is 6.42 Å². The minimum atomic E-state index is -0.719. The van der Waals surface area contributed by atoms with Crippen molar-refractivity contribution in [1.82, 2.24) is 10.2 Å². The molecular formula is C16H24N2O5. The van der Waals surface area contributed by atoms with Crippen LogP contribution >= 0.6 is 0 Å². The number of nitrogens with one attached hydrogen (secondary N) is 1. The van der Waals surface area contributed by atoms with Crippen molar-refractivity contribution in [2.75, 3.05) is 20.8 Å². The predicted octanol–water partition coefficient (Wildman–Crippen LogP) is 1.25. The summed E-state index contributed by atoms with van der Waals surface area (Å²) in [6, 6.07) is -0.719. The fourth-order valence-corrected chi connectivity index (χ4v) is 3.01. The zero-order valence-corrected chi connectivity index (χ0v) is 13.4. The maximum Gasteiger partial charge on any atom is 0.331 e. The van der Waals surface area contributed by atoms with Crippen LogP contribution in [0.25, 0.3) is 0 Å². The number of nitrogens with zero attached hydrogens (tertiary/aromatic N) is 1. The Kier molecular flexibility index (Phi) is 5.68. The van der Waals surface area contributed by atoms with Gasteiger partial charge in [0, 0.05) is 34.5 Å². The van der Waals surface area contributed by atoms with Crippen molar-refractivity contribution in [3.05, 3.63) is 24.3 Å². The number of rotatable bonds is 5. The molecular weight excluding hydrogens is 300 g/mol. The zero-order valence-electron chi connectivity index (χ0n) is 13.4. The Morgan fingerprint density at radius 3 is 2.65 bits per heavy atom. The van der Waals surface area contributed by atoms with Gasteiger partial charge in [-0.25, -0.2) is 4.79 Å². The average Bonchev–Trinajstić information content (AvgIpc) is 2.55. The fourth-order valence-electron chi connectivity index (χ4n) is 3.01. The highest BCUT2D eigenvalue weighted by Gasteiger charge is 2.37. The van der Waals surface area contributed by atoms with Gasteiger partial charge in [0.25, 0.3) is 11.8 Å². The Morgan fingerprint density at radius 1 is 1.30 bits per heavy atom. The smallest absolute Gasteiger partial charge is 0.331 e. The summed E-state index contributed by atoms with van der Waals surface area (Å²) in [6.45, 7) is 3.57. The molecule has 3 unspecified atom stereocenters. The highest BCUT2D eigenvalue weighted by molar-refractivity contribution is 6.28. The number of carbonyl (C=O) groups excluding carboxylic acids is 3. The first-order valence-corrected chi connectivity index (χ1v) is 7.57. The van der Waals surface area contributed by atoms with Crippen LogP contribution in [0.2, 0.25) is 0 Å². The van der Waals surface area contributed by atoms with Crippen LogP contribution < -0.4 is 5.32 Å². The summed E-state index contributed by atoms with van der Waals surface area (Å²) in [5.41, 5.74) is -0.0191. The number of ether oxygens (including phenoxy) is 2. The molecule has 0 spiro atoms. The molecule has 2 aliphatic rings. The van der Waals surface area contributed by atoms with Crippen LogP contribution in [-0.2, 0) is 19.1 Å². The molecule has 0 radical (unpaired) electrons. The first kappa shape index (κ1) is 17.4. The molecule has 0 aromatic heterocycles. The van der Waals surface area contributed by atoms with Crippen LogP contribution in [-0.4, -0.2) is 55.7 Å². The standard InChI is InChI=1S/C16H22N2O5.H2/c1-4-7-18-15(20)12(14(19)17-16(18)21)8-10-5-6-11(22-2)9-13(10)23-3;/h4,8,10-11,13H,1,5-7,9H2,2-3H3,(H,17,19,21);1H/b12-8+;. The van der Waals surface area contributed by atoms with Crippen molar-refractivity contribution in [3.8, 4) is 0 Å². The maximum absolute atomic E-state index is 12.4. The lowest BCUT2D eigenvalue weighted by molar-refractivity contribution is -0.130. The largest absolute Gasteiger partial charge is 0.381 e. The number of carbonyl (C=O) groups is 3. The molecule has 7 nitrogen and oxygen atoms in total. The number of hydrogen-bond donors (Lipinski definition) is 1. The monoisotopic (exact) mass is 324 g/mol. The van der Waals surface area contributed by atoms with Crippen LogP contribution in [0, 0.1) is 5.92 Å². The zero-order chi connectivity index (χ0) is 17.0. The normalized spacial score (nSPS) is 30.5. The van der Waals surface area contributed by atoms with Crippen LogP contribution in [0.1, 0.15) is 20.7 Å². The van der Waals surface area contributed by atoms with E-state index >= 15 is 0 Å². The molecule has 1 heterocycles. The van der Waals surface area contributed by atoms with Gasteiger partial charge in [-0.05, 0) is 12.8 Å². The molecule has 1 aliphatic carbocycles. The third kappa shape index (κ3) is 3.68. The summed E-state index contributed by atoms with van der Waals surface area (Å²) in [4.78, 5) is 37.1. The molecule has 0 aromatic carbocycles. The van der Waals surface area contributed by atoms with E-state index in [4.69, 9.17) is 9.47 Å².